The lowest BCUT2D eigenvalue weighted by molar-refractivity contribution is -0.119. The molecule has 1 N–H and O–H groups in total. The summed E-state index contributed by atoms with van der Waals surface area (Å²) in [6.45, 7) is 1.94. The summed E-state index contributed by atoms with van der Waals surface area (Å²) in [5, 5.41) is 12.5. The Balaban J connectivity index is 1.63. The quantitative estimate of drug-likeness (QED) is 0.558. The SMILES string of the molecule is CC(NC(=O)CSc1nnc2c(Cl)cc(Cl)cn12)c1ccc(Br)cc1. The van der Waals surface area contributed by atoms with E-state index in [1.165, 1.54) is 11.8 Å². The number of carbonyl (C=O) groups is 1. The van der Waals surface area contributed by atoms with Crippen molar-refractivity contribution in [3.8, 4) is 0 Å². The van der Waals surface area contributed by atoms with E-state index >= 15 is 0 Å². The van der Waals surface area contributed by atoms with Crippen LogP contribution in [0, 0.1) is 0 Å². The zero-order valence-electron chi connectivity index (χ0n) is 13.0. The molecule has 3 rings (SSSR count). The zero-order valence-corrected chi connectivity index (χ0v) is 17.0. The maximum atomic E-state index is 12.2. The molecule has 130 valence electrons. The van der Waals surface area contributed by atoms with Gasteiger partial charge in [0.25, 0.3) is 0 Å². The van der Waals surface area contributed by atoms with Crippen LogP contribution in [0.2, 0.25) is 10.0 Å². The minimum atomic E-state index is -0.0923. The fourth-order valence-corrected chi connectivity index (χ4v) is 3.74. The third kappa shape index (κ3) is 4.47. The van der Waals surface area contributed by atoms with Crippen molar-refractivity contribution in [1.29, 1.82) is 0 Å². The minimum Gasteiger partial charge on any atom is -0.349 e. The Labute approximate surface area is 167 Å². The van der Waals surface area contributed by atoms with E-state index in [2.05, 4.69) is 31.4 Å². The number of fused-ring (bicyclic) bond motifs is 1. The first-order valence-electron chi connectivity index (χ1n) is 7.31. The van der Waals surface area contributed by atoms with Gasteiger partial charge in [-0.2, -0.15) is 0 Å². The summed E-state index contributed by atoms with van der Waals surface area (Å²) < 4.78 is 2.68. The van der Waals surface area contributed by atoms with Gasteiger partial charge >= 0.3 is 0 Å². The number of pyridine rings is 1. The van der Waals surface area contributed by atoms with Crippen molar-refractivity contribution in [2.75, 3.05) is 5.75 Å². The van der Waals surface area contributed by atoms with E-state index in [0.29, 0.717) is 20.8 Å². The van der Waals surface area contributed by atoms with Crippen LogP contribution in [0.15, 0.2) is 46.2 Å². The maximum absolute atomic E-state index is 12.2. The Kier molecular flexibility index (Phi) is 5.89. The van der Waals surface area contributed by atoms with Gasteiger partial charge in [0.2, 0.25) is 5.91 Å². The Morgan fingerprint density at radius 3 is 2.76 bits per heavy atom. The minimum absolute atomic E-state index is 0.0831. The van der Waals surface area contributed by atoms with Gasteiger partial charge in [0.1, 0.15) is 0 Å². The summed E-state index contributed by atoms with van der Waals surface area (Å²) in [6.07, 6.45) is 1.67. The van der Waals surface area contributed by atoms with E-state index in [0.717, 1.165) is 10.0 Å². The second-order valence-electron chi connectivity index (χ2n) is 5.31. The number of carbonyl (C=O) groups excluding carboxylic acids is 1. The molecule has 0 fully saturated rings. The average molecular weight is 460 g/mol. The largest absolute Gasteiger partial charge is 0.349 e. The van der Waals surface area contributed by atoms with Gasteiger partial charge in [0.15, 0.2) is 10.8 Å². The van der Waals surface area contributed by atoms with E-state index in [-0.39, 0.29) is 17.7 Å². The lowest BCUT2D eigenvalue weighted by atomic mass is 10.1. The number of nitrogens with one attached hydrogen (secondary N) is 1. The molecule has 0 spiro atoms. The first kappa shape index (κ1) is 18.5. The van der Waals surface area contributed by atoms with E-state index in [9.17, 15) is 4.79 Å². The standard InChI is InChI=1S/C16H13BrCl2N4OS/c1-9(10-2-4-11(17)5-3-10)20-14(24)8-25-16-22-21-15-13(19)6-12(18)7-23(15)16/h2-7,9H,8H2,1H3,(H,20,24). The van der Waals surface area contributed by atoms with E-state index in [1.807, 2.05) is 31.2 Å². The molecule has 1 atom stereocenters. The lowest BCUT2D eigenvalue weighted by Gasteiger charge is -2.14. The van der Waals surface area contributed by atoms with Crippen LogP contribution in [0.1, 0.15) is 18.5 Å². The van der Waals surface area contributed by atoms with Crippen LogP contribution < -0.4 is 5.32 Å². The zero-order chi connectivity index (χ0) is 18.0. The number of benzene rings is 1. The van der Waals surface area contributed by atoms with Gasteiger partial charge in [-0.25, -0.2) is 0 Å². The molecule has 0 aliphatic rings. The number of hydrogen-bond acceptors (Lipinski definition) is 4. The first-order valence-corrected chi connectivity index (χ1v) is 9.85. The van der Waals surface area contributed by atoms with Crippen LogP contribution in [0.3, 0.4) is 0 Å². The number of amides is 1. The summed E-state index contributed by atoms with van der Waals surface area (Å²) in [4.78, 5) is 12.2. The number of thioether (sulfide) groups is 1. The van der Waals surface area contributed by atoms with Gasteiger partial charge in [0.05, 0.1) is 21.8 Å². The van der Waals surface area contributed by atoms with Crippen molar-refractivity contribution in [3.05, 3.63) is 56.6 Å². The summed E-state index contributed by atoms with van der Waals surface area (Å²) in [6, 6.07) is 9.36. The number of rotatable bonds is 5. The fourth-order valence-electron chi connectivity index (χ4n) is 2.25. The third-order valence-electron chi connectivity index (χ3n) is 3.48. The normalized spacial score (nSPS) is 12.3. The molecule has 2 aromatic heterocycles. The molecule has 3 aromatic rings. The predicted molar refractivity (Wildman–Crippen MR) is 104 cm³/mol. The van der Waals surface area contributed by atoms with Crippen LogP contribution >= 0.6 is 50.9 Å². The summed E-state index contributed by atoms with van der Waals surface area (Å²) in [5.74, 6) is 0.122. The third-order valence-corrected chi connectivity index (χ3v) is 5.43. The number of hydrogen-bond donors (Lipinski definition) is 1. The van der Waals surface area contributed by atoms with Gasteiger partial charge in [0, 0.05) is 10.7 Å². The van der Waals surface area contributed by atoms with E-state index in [4.69, 9.17) is 23.2 Å². The van der Waals surface area contributed by atoms with Crippen LogP contribution in [-0.2, 0) is 4.79 Å². The monoisotopic (exact) mass is 458 g/mol. The second kappa shape index (κ2) is 7.95. The van der Waals surface area contributed by atoms with Gasteiger partial charge in [-0.1, -0.05) is 63.0 Å². The summed E-state index contributed by atoms with van der Waals surface area (Å²) >= 11 is 16.8. The highest BCUT2D eigenvalue weighted by molar-refractivity contribution is 9.10. The van der Waals surface area contributed by atoms with Gasteiger partial charge in [-0.05, 0) is 30.7 Å². The molecule has 0 saturated heterocycles. The molecule has 25 heavy (non-hydrogen) atoms. The van der Waals surface area contributed by atoms with Crippen LogP contribution in [0.25, 0.3) is 5.65 Å². The molecule has 5 nitrogen and oxygen atoms in total. The van der Waals surface area contributed by atoms with Gasteiger partial charge in [-0.15, -0.1) is 10.2 Å². The average Bonchev–Trinajstić information content (AvgIpc) is 2.96. The fraction of sp³-hybridized carbons (Fsp3) is 0.188. The van der Waals surface area contributed by atoms with Gasteiger partial charge < -0.3 is 5.32 Å². The Bertz CT molecular complexity index is 916. The van der Waals surface area contributed by atoms with Gasteiger partial charge in [-0.3, -0.25) is 9.20 Å². The van der Waals surface area contributed by atoms with Crippen molar-refractivity contribution in [3.63, 3.8) is 0 Å². The smallest absolute Gasteiger partial charge is 0.230 e. The first-order chi connectivity index (χ1) is 11.9. The van der Waals surface area contributed by atoms with Crippen LogP contribution in [0.5, 0.6) is 0 Å². The highest BCUT2D eigenvalue weighted by atomic mass is 79.9. The van der Waals surface area contributed by atoms with Crippen molar-refractivity contribution in [2.45, 2.75) is 18.1 Å². The molecule has 9 heteroatoms. The molecular weight excluding hydrogens is 447 g/mol. The Morgan fingerprint density at radius 2 is 2.04 bits per heavy atom. The molecule has 0 bridgehead atoms. The molecule has 1 amide bonds. The molecule has 1 unspecified atom stereocenters. The Morgan fingerprint density at radius 1 is 1.32 bits per heavy atom. The number of nitrogens with zero attached hydrogens (tertiary/aromatic N) is 3. The molecule has 1 aromatic carbocycles. The Hall–Kier alpha value is -1.28. The highest BCUT2D eigenvalue weighted by Gasteiger charge is 2.14. The van der Waals surface area contributed by atoms with Crippen molar-refractivity contribution in [1.82, 2.24) is 19.9 Å². The molecule has 0 saturated carbocycles. The molecule has 0 aliphatic heterocycles. The van der Waals surface area contributed by atoms with Crippen LogP contribution in [-0.4, -0.2) is 26.3 Å². The topological polar surface area (TPSA) is 59.3 Å². The second-order valence-corrected chi connectivity index (χ2v) is 8.01. The molecular formula is C16H13BrCl2N4OS. The van der Waals surface area contributed by atoms with E-state index < -0.39 is 0 Å². The lowest BCUT2D eigenvalue weighted by Crippen LogP contribution is -2.28. The summed E-state index contributed by atoms with van der Waals surface area (Å²) in [7, 11) is 0. The predicted octanol–water partition coefficient (Wildman–Crippen LogP) is 4.77. The number of halogens is 3. The van der Waals surface area contributed by atoms with Crippen molar-refractivity contribution in [2.24, 2.45) is 0 Å². The molecule has 0 radical (unpaired) electrons. The maximum Gasteiger partial charge on any atom is 0.230 e. The van der Waals surface area contributed by atoms with Crippen LogP contribution in [0.4, 0.5) is 0 Å². The van der Waals surface area contributed by atoms with Crippen molar-refractivity contribution < 1.29 is 4.79 Å². The van der Waals surface area contributed by atoms with Crippen molar-refractivity contribution >= 4 is 62.4 Å². The number of aromatic nitrogens is 3. The van der Waals surface area contributed by atoms with E-state index in [1.54, 1.807) is 16.7 Å². The molecule has 0 aliphatic carbocycles. The summed E-state index contributed by atoms with van der Waals surface area (Å²) in [5.41, 5.74) is 1.55. The molecule has 2 heterocycles. The highest BCUT2D eigenvalue weighted by Crippen LogP contribution is 2.25.